The largest absolute Gasteiger partial charge is 0.394 e. The first-order valence-electron chi connectivity index (χ1n) is 5.36. The molecule has 0 atom stereocenters. The second-order valence-electron chi connectivity index (χ2n) is 3.75. The number of rotatable bonds is 4. The van der Waals surface area contributed by atoms with Gasteiger partial charge in [0.1, 0.15) is 0 Å². The predicted octanol–water partition coefficient (Wildman–Crippen LogP) is 1.60. The summed E-state index contributed by atoms with van der Waals surface area (Å²) >= 11 is 2.03. The second kappa shape index (κ2) is 7.04. The van der Waals surface area contributed by atoms with Crippen LogP contribution in [-0.4, -0.2) is 39.0 Å². The molecule has 0 spiro atoms. The molecule has 1 aliphatic rings. The molecule has 2 heterocycles. The lowest BCUT2D eigenvalue weighted by molar-refractivity contribution is 0.269. The molecular weight excluding hydrogens is 246 g/mol. The molecule has 1 fully saturated rings. The van der Waals surface area contributed by atoms with E-state index < -0.39 is 0 Å². The fourth-order valence-electron chi connectivity index (χ4n) is 1.74. The summed E-state index contributed by atoms with van der Waals surface area (Å²) in [7, 11) is 0. The van der Waals surface area contributed by atoms with Crippen LogP contribution in [0.15, 0.2) is 12.4 Å². The van der Waals surface area contributed by atoms with Gasteiger partial charge in [-0.2, -0.15) is 16.9 Å². The highest BCUT2D eigenvalue weighted by Crippen LogP contribution is 2.20. The molecule has 1 aromatic heterocycles. The minimum atomic E-state index is 0. The van der Waals surface area contributed by atoms with Crippen molar-refractivity contribution >= 4 is 29.9 Å². The van der Waals surface area contributed by atoms with Gasteiger partial charge in [-0.15, -0.1) is 12.4 Å². The average Bonchev–Trinajstić information content (AvgIpc) is 2.68. The topological polar surface area (TPSA) is 50.1 Å². The van der Waals surface area contributed by atoms with Gasteiger partial charge >= 0.3 is 0 Å². The highest BCUT2D eigenvalue weighted by molar-refractivity contribution is 7.99. The van der Waals surface area contributed by atoms with Crippen LogP contribution in [0.25, 0.3) is 0 Å². The Labute approximate surface area is 106 Å². The molecule has 2 N–H and O–H groups in total. The lowest BCUT2D eigenvalue weighted by Gasteiger charge is -2.22. The van der Waals surface area contributed by atoms with Crippen molar-refractivity contribution < 1.29 is 5.11 Å². The molecule has 0 radical (unpaired) electrons. The van der Waals surface area contributed by atoms with Crippen molar-refractivity contribution in [3.05, 3.63) is 12.4 Å². The van der Waals surface area contributed by atoms with E-state index in [4.69, 9.17) is 5.11 Å². The molecule has 16 heavy (non-hydrogen) atoms. The molecule has 0 aromatic carbocycles. The first kappa shape index (κ1) is 13.7. The van der Waals surface area contributed by atoms with Crippen molar-refractivity contribution in [1.82, 2.24) is 9.78 Å². The first-order valence-corrected chi connectivity index (χ1v) is 6.51. The third-order valence-corrected chi connectivity index (χ3v) is 3.60. The van der Waals surface area contributed by atoms with Crippen LogP contribution in [0.5, 0.6) is 0 Å². The zero-order chi connectivity index (χ0) is 10.5. The summed E-state index contributed by atoms with van der Waals surface area (Å²) in [4.78, 5) is 0. The molecule has 6 heteroatoms. The normalized spacial score (nSPS) is 16.8. The van der Waals surface area contributed by atoms with Gasteiger partial charge in [0.25, 0.3) is 0 Å². The van der Waals surface area contributed by atoms with E-state index in [1.54, 1.807) is 4.68 Å². The Morgan fingerprint density at radius 1 is 1.50 bits per heavy atom. The highest BCUT2D eigenvalue weighted by atomic mass is 35.5. The van der Waals surface area contributed by atoms with Gasteiger partial charge in [0.15, 0.2) is 0 Å². The molecule has 0 unspecified atom stereocenters. The smallest absolute Gasteiger partial charge is 0.0728 e. The van der Waals surface area contributed by atoms with Crippen LogP contribution in [0.3, 0.4) is 0 Å². The third kappa shape index (κ3) is 3.88. The van der Waals surface area contributed by atoms with Gasteiger partial charge in [0, 0.05) is 12.2 Å². The molecule has 92 valence electrons. The number of nitrogens with zero attached hydrogens (tertiary/aromatic N) is 2. The minimum absolute atomic E-state index is 0. The number of aliphatic hydroxyl groups excluding tert-OH is 1. The number of anilines is 1. The molecule has 0 amide bonds. The summed E-state index contributed by atoms with van der Waals surface area (Å²) in [5, 5.41) is 16.4. The van der Waals surface area contributed by atoms with E-state index in [9.17, 15) is 0 Å². The zero-order valence-corrected chi connectivity index (χ0v) is 10.8. The van der Waals surface area contributed by atoms with Crippen LogP contribution < -0.4 is 5.32 Å². The lowest BCUT2D eigenvalue weighted by atomic mass is 10.1. The summed E-state index contributed by atoms with van der Waals surface area (Å²) in [5.74, 6) is 2.50. The van der Waals surface area contributed by atoms with Crippen LogP contribution in [0, 0.1) is 0 Å². The lowest BCUT2D eigenvalue weighted by Crippen LogP contribution is -2.24. The van der Waals surface area contributed by atoms with Crippen LogP contribution in [0.2, 0.25) is 0 Å². The van der Waals surface area contributed by atoms with Crippen molar-refractivity contribution in [2.45, 2.75) is 25.4 Å². The number of aromatic nitrogens is 2. The summed E-state index contributed by atoms with van der Waals surface area (Å²) in [5.41, 5.74) is 1.07. The first-order chi connectivity index (χ1) is 7.38. The van der Waals surface area contributed by atoms with Gasteiger partial charge in [-0.05, 0) is 24.3 Å². The Hall–Kier alpha value is -0.390. The van der Waals surface area contributed by atoms with E-state index in [-0.39, 0.29) is 19.0 Å². The number of aliphatic hydroxyl groups is 1. The van der Waals surface area contributed by atoms with E-state index in [2.05, 4.69) is 10.4 Å². The average molecular weight is 264 g/mol. The molecule has 1 aromatic rings. The summed E-state index contributed by atoms with van der Waals surface area (Å²) in [6.07, 6.45) is 6.25. The monoisotopic (exact) mass is 263 g/mol. The highest BCUT2D eigenvalue weighted by Gasteiger charge is 2.13. The predicted molar refractivity (Wildman–Crippen MR) is 70.5 cm³/mol. The van der Waals surface area contributed by atoms with Crippen molar-refractivity contribution in [1.29, 1.82) is 0 Å². The standard InChI is InChI=1S/C10H17N3OS.ClH/c14-4-3-13-8-10(7-11-13)12-9-1-5-15-6-2-9;/h7-9,12,14H,1-6H2;1H. The van der Waals surface area contributed by atoms with Crippen molar-refractivity contribution in [2.24, 2.45) is 0 Å². The van der Waals surface area contributed by atoms with Gasteiger partial charge < -0.3 is 10.4 Å². The number of nitrogens with one attached hydrogen (secondary N) is 1. The minimum Gasteiger partial charge on any atom is -0.394 e. The fraction of sp³-hybridized carbons (Fsp3) is 0.700. The molecule has 4 nitrogen and oxygen atoms in total. The van der Waals surface area contributed by atoms with E-state index in [1.807, 2.05) is 24.2 Å². The van der Waals surface area contributed by atoms with Crippen LogP contribution >= 0.6 is 24.2 Å². The van der Waals surface area contributed by atoms with Crippen LogP contribution in [0.4, 0.5) is 5.69 Å². The molecule has 1 saturated heterocycles. The Morgan fingerprint density at radius 2 is 2.25 bits per heavy atom. The Morgan fingerprint density at radius 3 is 2.94 bits per heavy atom. The number of hydrogen-bond donors (Lipinski definition) is 2. The Balaban J connectivity index is 0.00000128. The second-order valence-corrected chi connectivity index (χ2v) is 4.97. The van der Waals surface area contributed by atoms with Gasteiger partial charge in [0.05, 0.1) is 25.0 Å². The number of thioether (sulfide) groups is 1. The molecule has 0 aliphatic carbocycles. The SMILES string of the molecule is Cl.OCCn1cc(NC2CCSCC2)cn1. The van der Waals surface area contributed by atoms with Gasteiger partial charge in [-0.25, -0.2) is 0 Å². The zero-order valence-electron chi connectivity index (χ0n) is 9.13. The Bertz CT molecular complexity index is 302. The van der Waals surface area contributed by atoms with E-state index in [1.165, 1.54) is 24.3 Å². The van der Waals surface area contributed by atoms with Crippen LogP contribution in [-0.2, 0) is 6.54 Å². The van der Waals surface area contributed by atoms with Crippen molar-refractivity contribution in [3.8, 4) is 0 Å². The Kier molecular flexibility index (Phi) is 6.01. The molecular formula is C10H18ClN3OS. The van der Waals surface area contributed by atoms with E-state index >= 15 is 0 Å². The van der Waals surface area contributed by atoms with E-state index in [0.717, 1.165) is 5.69 Å². The quantitative estimate of drug-likeness (QED) is 0.867. The van der Waals surface area contributed by atoms with Crippen molar-refractivity contribution in [2.75, 3.05) is 23.4 Å². The molecule has 1 aliphatic heterocycles. The maximum absolute atomic E-state index is 8.77. The summed E-state index contributed by atoms with van der Waals surface area (Å²) < 4.78 is 1.76. The van der Waals surface area contributed by atoms with Gasteiger partial charge in [-0.1, -0.05) is 0 Å². The van der Waals surface area contributed by atoms with Gasteiger partial charge in [0.2, 0.25) is 0 Å². The summed E-state index contributed by atoms with van der Waals surface area (Å²) in [6, 6.07) is 0.595. The maximum Gasteiger partial charge on any atom is 0.0728 e. The molecule has 2 rings (SSSR count). The fourth-order valence-corrected chi connectivity index (χ4v) is 2.85. The third-order valence-electron chi connectivity index (χ3n) is 2.55. The number of hydrogen-bond acceptors (Lipinski definition) is 4. The van der Waals surface area contributed by atoms with Crippen molar-refractivity contribution in [3.63, 3.8) is 0 Å². The van der Waals surface area contributed by atoms with Gasteiger partial charge in [-0.3, -0.25) is 4.68 Å². The maximum atomic E-state index is 8.77. The van der Waals surface area contributed by atoms with E-state index in [0.29, 0.717) is 12.6 Å². The molecule has 0 bridgehead atoms. The molecule has 0 saturated carbocycles. The summed E-state index contributed by atoms with van der Waals surface area (Å²) in [6.45, 7) is 0.712. The van der Waals surface area contributed by atoms with Crippen LogP contribution in [0.1, 0.15) is 12.8 Å². The number of halogens is 1.